The van der Waals surface area contributed by atoms with E-state index in [2.05, 4.69) is 27.6 Å². The molecule has 3 atom stereocenters. The fourth-order valence-electron chi connectivity index (χ4n) is 6.24. The Morgan fingerprint density at radius 2 is 1.79 bits per heavy atom. The molecule has 0 spiro atoms. The molecule has 2 aliphatic rings. The van der Waals surface area contributed by atoms with Crippen molar-refractivity contribution in [2.75, 3.05) is 13.1 Å². The van der Waals surface area contributed by atoms with Gasteiger partial charge in [0, 0.05) is 49.9 Å². The molecular weight excluding hydrogens is 549 g/mol. The third kappa shape index (κ3) is 6.45. The van der Waals surface area contributed by atoms with E-state index < -0.39 is 42.0 Å². The molecule has 3 aromatic rings. The van der Waals surface area contributed by atoms with Crippen molar-refractivity contribution in [3.63, 3.8) is 0 Å². The number of aryl methyl sites for hydroxylation is 2. The summed E-state index contributed by atoms with van der Waals surface area (Å²) in [7, 11) is 0. The van der Waals surface area contributed by atoms with E-state index in [4.69, 9.17) is 20.4 Å². The number of halogens is 1. The molecular formula is C30H36FN3O8. The van der Waals surface area contributed by atoms with E-state index in [1.807, 2.05) is 31.3 Å². The highest BCUT2D eigenvalue weighted by molar-refractivity contribution is 5.88. The van der Waals surface area contributed by atoms with E-state index in [0.29, 0.717) is 5.92 Å². The molecule has 1 aliphatic carbocycles. The molecule has 2 aromatic heterocycles. The van der Waals surface area contributed by atoms with Gasteiger partial charge in [0.05, 0.1) is 24.1 Å². The second-order valence-electron chi connectivity index (χ2n) is 11.3. The van der Waals surface area contributed by atoms with Crippen molar-refractivity contribution in [3.05, 3.63) is 65.4 Å². The largest absolute Gasteiger partial charge is 0.481 e. The molecule has 0 amide bonds. The third-order valence-electron chi connectivity index (χ3n) is 8.33. The molecule has 5 N–H and O–H groups in total. The number of nitrogens with zero attached hydrogens (tertiary/aromatic N) is 3. The molecule has 11 nitrogen and oxygen atoms in total. The molecule has 42 heavy (non-hydrogen) atoms. The fraction of sp³-hybridized carbons (Fsp3) is 0.467. The lowest BCUT2D eigenvalue weighted by Crippen LogP contribution is -2.42. The van der Waals surface area contributed by atoms with E-state index in [1.54, 1.807) is 12.1 Å². The van der Waals surface area contributed by atoms with Crippen LogP contribution >= 0.6 is 0 Å². The van der Waals surface area contributed by atoms with Gasteiger partial charge in [-0.2, -0.15) is 0 Å². The van der Waals surface area contributed by atoms with Crippen LogP contribution in [0.2, 0.25) is 0 Å². The van der Waals surface area contributed by atoms with Crippen molar-refractivity contribution in [1.29, 1.82) is 0 Å². The molecule has 1 aromatic carbocycles. The molecule has 2 fully saturated rings. The van der Waals surface area contributed by atoms with Gasteiger partial charge < -0.3 is 30.1 Å². The van der Waals surface area contributed by atoms with Gasteiger partial charge in [0.2, 0.25) is 0 Å². The van der Waals surface area contributed by atoms with Gasteiger partial charge in [-0.1, -0.05) is 6.07 Å². The van der Waals surface area contributed by atoms with Crippen molar-refractivity contribution in [3.8, 4) is 0 Å². The maximum Gasteiger partial charge on any atom is 0.336 e. The summed E-state index contributed by atoms with van der Waals surface area (Å²) in [6.45, 7) is 7.64. The van der Waals surface area contributed by atoms with Crippen molar-refractivity contribution in [2.45, 2.75) is 63.8 Å². The van der Waals surface area contributed by atoms with Gasteiger partial charge in [-0.3, -0.25) is 19.5 Å². The molecule has 0 unspecified atom stereocenters. The molecule has 1 saturated carbocycles. The Balaban J connectivity index is 0.000000266. The number of pyridine rings is 1. The highest BCUT2D eigenvalue weighted by Gasteiger charge is 2.53. The average molecular weight is 586 g/mol. The number of aliphatic carboxylic acids is 3. The Kier molecular flexibility index (Phi) is 9.00. The normalized spacial score (nSPS) is 22.0. The fourth-order valence-corrected chi connectivity index (χ4v) is 6.24. The standard InChI is InChI=1S/C24H28FN3O.C6H8O7/c1-3-28-14-18(20-6-5-19(25)10-22(20)28)13-27-12-17-8-9-24(29,21(17)15-27)23-7-4-16(2)11-26-23;7-3(8)1-6(13,5(11)12)2-4(9)10/h4-7,10-11,14,17,21,29H,3,8-9,12-13,15H2,1-2H3;13H,1-2H2,(H,7,8)(H,9,10)(H,11,12)/t17-,21+,24-;/m1./s1. The zero-order chi connectivity index (χ0) is 30.8. The number of carboxylic acids is 3. The first-order valence-corrected chi connectivity index (χ1v) is 13.8. The van der Waals surface area contributed by atoms with Crippen molar-refractivity contribution in [2.24, 2.45) is 11.8 Å². The zero-order valence-electron chi connectivity index (χ0n) is 23.5. The SMILES string of the molecule is CCn1cc(CN2C[C@H]3CC[C@](O)(c4ccc(C)cn4)[C@H]3C2)c2ccc(F)cc21.O=C(O)CC(O)(CC(=O)O)C(=O)O. The van der Waals surface area contributed by atoms with Gasteiger partial charge in [0.1, 0.15) is 11.4 Å². The first-order valence-electron chi connectivity index (χ1n) is 13.8. The number of aliphatic hydroxyl groups is 2. The maximum atomic E-state index is 13.7. The minimum atomic E-state index is -2.74. The van der Waals surface area contributed by atoms with E-state index in [-0.39, 0.29) is 11.7 Å². The molecule has 226 valence electrons. The van der Waals surface area contributed by atoms with Crippen LogP contribution in [0.5, 0.6) is 0 Å². The van der Waals surface area contributed by atoms with Gasteiger partial charge in [0.25, 0.3) is 0 Å². The number of carbonyl (C=O) groups is 3. The molecule has 3 heterocycles. The molecule has 5 rings (SSSR count). The first-order chi connectivity index (χ1) is 19.8. The number of aromatic nitrogens is 2. The van der Waals surface area contributed by atoms with Crippen LogP contribution in [-0.2, 0) is 33.1 Å². The van der Waals surface area contributed by atoms with Gasteiger partial charge in [-0.05, 0) is 68.0 Å². The third-order valence-corrected chi connectivity index (χ3v) is 8.33. The summed E-state index contributed by atoms with van der Waals surface area (Å²) < 4.78 is 15.9. The number of hydrogen-bond acceptors (Lipinski definition) is 7. The summed E-state index contributed by atoms with van der Waals surface area (Å²) in [6, 6.07) is 9.10. The number of rotatable bonds is 9. The molecule has 0 bridgehead atoms. The van der Waals surface area contributed by atoms with E-state index in [1.165, 1.54) is 5.56 Å². The van der Waals surface area contributed by atoms with Gasteiger partial charge in [-0.25, -0.2) is 9.18 Å². The van der Waals surface area contributed by atoms with Crippen molar-refractivity contribution in [1.82, 2.24) is 14.5 Å². The number of carboxylic acid groups (broad SMARTS) is 3. The number of fused-ring (bicyclic) bond motifs is 2. The topological polar surface area (TPSA) is 173 Å². The predicted molar refractivity (Wildman–Crippen MR) is 149 cm³/mol. The lowest BCUT2D eigenvalue weighted by atomic mass is 9.85. The van der Waals surface area contributed by atoms with Gasteiger partial charge in [0.15, 0.2) is 5.60 Å². The second-order valence-corrected chi connectivity index (χ2v) is 11.3. The molecule has 0 radical (unpaired) electrons. The predicted octanol–water partition coefficient (Wildman–Crippen LogP) is 2.98. The summed E-state index contributed by atoms with van der Waals surface area (Å²) in [6.07, 6.45) is 3.55. The number of hydrogen-bond donors (Lipinski definition) is 5. The molecule has 1 aliphatic heterocycles. The van der Waals surface area contributed by atoms with E-state index >= 15 is 0 Å². The van der Waals surface area contributed by atoms with E-state index in [0.717, 1.165) is 61.2 Å². The summed E-state index contributed by atoms with van der Waals surface area (Å²) >= 11 is 0. The smallest absolute Gasteiger partial charge is 0.336 e. The van der Waals surface area contributed by atoms with E-state index in [9.17, 15) is 23.9 Å². The average Bonchev–Trinajstić information content (AvgIpc) is 3.57. The minimum absolute atomic E-state index is 0.191. The Labute approximate surface area is 241 Å². The Morgan fingerprint density at radius 1 is 1.10 bits per heavy atom. The molecule has 12 heteroatoms. The van der Waals surface area contributed by atoms with Crippen LogP contribution in [0.25, 0.3) is 10.9 Å². The maximum absolute atomic E-state index is 13.7. The summed E-state index contributed by atoms with van der Waals surface area (Å²) in [5, 5.41) is 46.5. The van der Waals surface area contributed by atoms with Crippen LogP contribution in [0.4, 0.5) is 4.39 Å². The highest BCUT2D eigenvalue weighted by atomic mass is 19.1. The number of likely N-dealkylation sites (tertiary alicyclic amines) is 1. The Hall–Kier alpha value is -3.87. The van der Waals surface area contributed by atoms with Crippen LogP contribution in [0.1, 0.15) is 49.4 Å². The minimum Gasteiger partial charge on any atom is -0.481 e. The van der Waals surface area contributed by atoms with Crippen LogP contribution in [0, 0.1) is 24.6 Å². The van der Waals surface area contributed by atoms with Gasteiger partial charge in [-0.15, -0.1) is 0 Å². The lowest BCUT2D eigenvalue weighted by molar-refractivity contribution is -0.170. The number of benzene rings is 1. The van der Waals surface area contributed by atoms with Crippen LogP contribution in [0.3, 0.4) is 0 Å². The van der Waals surface area contributed by atoms with Crippen LogP contribution < -0.4 is 0 Å². The first kappa shape index (κ1) is 31.1. The second kappa shape index (κ2) is 12.2. The summed E-state index contributed by atoms with van der Waals surface area (Å²) in [5.74, 6) is -4.49. The lowest BCUT2D eigenvalue weighted by Gasteiger charge is -2.29. The molecule has 1 saturated heterocycles. The van der Waals surface area contributed by atoms with Crippen LogP contribution in [0.15, 0.2) is 42.7 Å². The monoisotopic (exact) mass is 585 g/mol. The van der Waals surface area contributed by atoms with Crippen molar-refractivity contribution < 1.29 is 44.3 Å². The highest BCUT2D eigenvalue weighted by Crippen LogP contribution is 2.50. The Morgan fingerprint density at radius 3 is 2.36 bits per heavy atom. The Bertz CT molecular complexity index is 1460. The van der Waals surface area contributed by atoms with Crippen LogP contribution in [-0.4, -0.2) is 76.6 Å². The van der Waals surface area contributed by atoms with Gasteiger partial charge >= 0.3 is 17.9 Å². The zero-order valence-corrected chi connectivity index (χ0v) is 23.5. The summed E-state index contributed by atoms with van der Waals surface area (Å²) in [5.41, 5.74) is 0.561. The quantitative estimate of drug-likeness (QED) is 0.251. The van der Waals surface area contributed by atoms with Crippen molar-refractivity contribution >= 4 is 28.8 Å². The summed E-state index contributed by atoms with van der Waals surface area (Å²) in [4.78, 5) is 37.5.